The number of hydrogen-bond acceptors (Lipinski definition) is 4. The summed E-state index contributed by atoms with van der Waals surface area (Å²) in [7, 11) is 0. The molecule has 0 amide bonds. The second-order valence-electron chi connectivity index (χ2n) is 11.3. The van der Waals surface area contributed by atoms with Crippen LogP contribution in [0.25, 0.3) is 67.6 Å². The van der Waals surface area contributed by atoms with Crippen LogP contribution in [0.5, 0.6) is 0 Å². The summed E-state index contributed by atoms with van der Waals surface area (Å²) in [6.07, 6.45) is 0. The molecule has 0 fully saturated rings. The van der Waals surface area contributed by atoms with Crippen molar-refractivity contribution < 1.29 is 4.42 Å². The van der Waals surface area contributed by atoms with E-state index in [0.717, 1.165) is 33.2 Å². The van der Waals surface area contributed by atoms with Gasteiger partial charge in [0.05, 0.1) is 0 Å². The van der Waals surface area contributed by atoms with Crippen LogP contribution in [0.4, 0.5) is 0 Å². The molecule has 42 heavy (non-hydrogen) atoms. The summed E-state index contributed by atoms with van der Waals surface area (Å²) in [6.45, 7) is 4.58. The van der Waals surface area contributed by atoms with Crippen molar-refractivity contribution in [1.29, 1.82) is 0 Å². The summed E-state index contributed by atoms with van der Waals surface area (Å²) in [5.41, 5.74) is 9.78. The van der Waals surface area contributed by atoms with E-state index >= 15 is 0 Å². The zero-order valence-corrected chi connectivity index (χ0v) is 23.4. The number of para-hydroxylation sites is 1. The number of rotatable bonds is 4. The van der Waals surface area contributed by atoms with Gasteiger partial charge in [0.1, 0.15) is 5.58 Å². The molecule has 0 bridgehead atoms. The van der Waals surface area contributed by atoms with E-state index in [1.165, 1.54) is 22.3 Å². The van der Waals surface area contributed by atoms with Crippen molar-refractivity contribution in [3.63, 3.8) is 0 Å². The van der Waals surface area contributed by atoms with Gasteiger partial charge < -0.3 is 4.42 Å². The van der Waals surface area contributed by atoms with E-state index in [0.29, 0.717) is 23.2 Å². The lowest BCUT2D eigenvalue weighted by Crippen LogP contribution is -2.14. The second kappa shape index (κ2) is 9.35. The van der Waals surface area contributed by atoms with E-state index in [1.54, 1.807) is 0 Å². The van der Waals surface area contributed by atoms with E-state index in [1.807, 2.05) is 42.5 Å². The maximum atomic E-state index is 6.28. The molecule has 0 radical (unpaired) electrons. The van der Waals surface area contributed by atoms with Crippen molar-refractivity contribution >= 4 is 11.0 Å². The Bertz CT molecular complexity index is 2090. The molecule has 0 atom stereocenters. The second-order valence-corrected chi connectivity index (χ2v) is 11.3. The van der Waals surface area contributed by atoms with Crippen molar-refractivity contribution in [3.05, 3.63) is 139 Å². The first-order chi connectivity index (χ1) is 20.6. The molecule has 8 rings (SSSR count). The van der Waals surface area contributed by atoms with Gasteiger partial charge in [-0.3, -0.25) is 0 Å². The predicted molar refractivity (Wildman–Crippen MR) is 169 cm³/mol. The molecule has 0 spiro atoms. The summed E-state index contributed by atoms with van der Waals surface area (Å²) < 4.78 is 6.28. The van der Waals surface area contributed by atoms with E-state index in [4.69, 9.17) is 19.4 Å². The highest BCUT2D eigenvalue weighted by Crippen LogP contribution is 2.51. The largest absolute Gasteiger partial charge is 0.453 e. The minimum absolute atomic E-state index is 0.126. The van der Waals surface area contributed by atoms with Gasteiger partial charge in [-0.2, -0.15) is 0 Å². The molecular formula is C38H27N3O. The van der Waals surface area contributed by atoms with Gasteiger partial charge in [-0.25, -0.2) is 15.0 Å². The Morgan fingerprint density at radius 3 is 1.90 bits per heavy atom. The Balaban J connectivity index is 1.40. The van der Waals surface area contributed by atoms with E-state index in [-0.39, 0.29) is 5.41 Å². The molecule has 1 aliphatic rings. The Morgan fingerprint density at radius 1 is 0.500 bits per heavy atom. The fraction of sp³-hybridized carbons (Fsp3) is 0.0789. The van der Waals surface area contributed by atoms with Crippen LogP contribution >= 0.6 is 0 Å². The van der Waals surface area contributed by atoms with Crippen LogP contribution in [-0.4, -0.2) is 15.0 Å². The van der Waals surface area contributed by atoms with Gasteiger partial charge in [-0.15, -0.1) is 0 Å². The van der Waals surface area contributed by atoms with Crippen molar-refractivity contribution in [1.82, 2.24) is 15.0 Å². The number of nitrogens with zero attached hydrogens (tertiary/aromatic N) is 3. The van der Waals surface area contributed by atoms with Gasteiger partial charge >= 0.3 is 0 Å². The maximum Gasteiger partial charge on any atom is 0.199 e. The molecular weight excluding hydrogens is 514 g/mol. The first-order valence-electron chi connectivity index (χ1n) is 14.2. The Morgan fingerprint density at radius 2 is 1.10 bits per heavy atom. The highest BCUT2D eigenvalue weighted by atomic mass is 16.3. The fourth-order valence-corrected chi connectivity index (χ4v) is 6.31. The molecule has 0 saturated heterocycles. The van der Waals surface area contributed by atoms with E-state index in [2.05, 4.69) is 98.8 Å². The van der Waals surface area contributed by atoms with Gasteiger partial charge in [-0.1, -0.05) is 129 Å². The molecule has 4 heteroatoms. The van der Waals surface area contributed by atoms with Crippen LogP contribution < -0.4 is 0 Å². The molecule has 2 heterocycles. The number of furan rings is 1. The summed E-state index contributed by atoms with van der Waals surface area (Å²) in [5.74, 6) is 2.37. The first-order valence-corrected chi connectivity index (χ1v) is 14.2. The quantitative estimate of drug-likeness (QED) is 0.223. The lowest BCUT2D eigenvalue weighted by molar-refractivity contribution is 0.625. The minimum atomic E-state index is -0.126. The van der Waals surface area contributed by atoms with Crippen molar-refractivity contribution in [2.45, 2.75) is 19.3 Å². The summed E-state index contributed by atoms with van der Waals surface area (Å²) >= 11 is 0. The van der Waals surface area contributed by atoms with Gasteiger partial charge in [-0.05, 0) is 45.5 Å². The summed E-state index contributed by atoms with van der Waals surface area (Å²) in [4.78, 5) is 15.3. The zero-order valence-electron chi connectivity index (χ0n) is 23.4. The fourth-order valence-electron chi connectivity index (χ4n) is 6.31. The predicted octanol–water partition coefficient (Wildman–Crippen LogP) is 9.59. The van der Waals surface area contributed by atoms with Crippen molar-refractivity contribution in [2.75, 3.05) is 0 Å². The lowest BCUT2D eigenvalue weighted by atomic mass is 9.82. The summed E-state index contributed by atoms with van der Waals surface area (Å²) in [5, 5.41) is 1.01. The minimum Gasteiger partial charge on any atom is -0.453 e. The molecule has 0 unspecified atom stereocenters. The highest BCUT2D eigenvalue weighted by molar-refractivity contribution is 5.92. The monoisotopic (exact) mass is 541 g/mol. The highest BCUT2D eigenvalue weighted by Gasteiger charge is 2.37. The van der Waals surface area contributed by atoms with E-state index < -0.39 is 0 Å². The molecule has 4 nitrogen and oxygen atoms in total. The van der Waals surface area contributed by atoms with Crippen molar-refractivity contribution in [3.8, 4) is 56.6 Å². The topological polar surface area (TPSA) is 51.8 Å². The van der Waals surface area contributed by atoms with Crippen LogP contribution in [0.3, 0.4) is 0 Å². The molecule has 2 aromatic heterocycles. The smallest absolute Gasteiger partial charge is 0.199 e. The third kappa shape index (κ3) is 3.80. The average Bonchev–Trinajstić information content (AvgIpc) is 3.58. The van der Waals surface area contributed by atoms with Crippen LogP contribution in [0, 0.1) is 0 Å². The number of aromatic nitrogens is 3. The Labute approximate surface area is 244 Å². The average molecular weight is 542 g/mol. The molecule has 7 aromatic rings. The van der Waals surface area contributed by atoms with Crippen LogP contribution in [0.1, 0.15) is 25.0 Å². The normalized spacial score (nSPS) is 13.2. The third-order valence-electron chi connectivity index (χ3n) is 8.38. The SMILES string of the molecule is CC1(C)c2ccccc2-c2c(-c3nc(-c4cc5ccccc5o4)nc(-c4ccccc4-c4ccccc4)n3)cccc21. The Kier molecular flexibility index (Phi) is 5.44. The molecule has 5 aromatic carbocycles. The molecule has 1 aliphatic carbocycles. The van der Waals surface area contributed by atoms with Gasteiger partial charge in [0.25, 0.3) is 0 Å². The number of benzene rings is 5. The Hall–Kier alpha value is -5.35. The van der Waals surface area contributed by atoms with E-state index in [9.17, 15) is 0 Å². The van der Waals surface area contributed by atoms with Gasteiger partial charge in [0, 0.05) is 21.9 Å². The molecule has 200 valence electrons. The van der Waals surface area contributed by atoms with Crippen LogP contribution in [-0.2, 0) is 5.41 Å². The van der Waals surface area contributed by atoms with Gasteiger partial charge in [0.15, 0.2) is 23.2 Å². The first kappa shape index (κ1) is 24.4. The summed E-state index contributed by atoms with van der Waals surface area (Å²) in [6, 6.07) is 43.8. The van der Waals surface area contributed by atoms with Crippen molar-refractivity contribution in [2.24, 2.45) is 0 Å². The maximum absolute atomic E-state index is 6.28. The zero-order chi connectivity index (χ0) is 28.3. The van der Waals surface area contributed by atoms with Crippen LogP contribution in [0.2, 0.25) is 0 Å². The third-order valence-corrected chi connectivity index (χ3v) is 8.38. The molecule has 0 N–H and O–H groups in total. The number of hydrogen-bond donors (Lipinski definition) is 0. The number of fused-ring (bicyclic) bond motifs is 4. The molecule has 0 saturated carbocycles. The van der Waals surface area contributed by atoms with Crippen LogP contribution in [0.15, 0.2) is 132 Å². The van der Waals surface area contributed by atoms with Gasteiger partial charge in [0.2, 0.25) is 0 Å². The molecule has 0 aliphatic heterocycles. The standard InChI is InChI=1S/C38H27N3O/c1-38(2)30-20-10-9-18-28(30)34-29(19-12-21-31(34)38)36-39-35(27-17-8-7-16-26(27)24-13-4-3-5-14-24)40-37(41-36)33-23-25-15-6-11-22-32(25)42-33/h3-23H,1-2H3. The lowest BCUT2D eigenvalue weighted by Gasteiger charge is -2.21.